The molecule has 1 heterocycles. The molecule has 0 radical (unpaired) electrons. The zero-order valence-corrected chi connectivity index (χ0v) is 41.6. The lowest BCUT2D eigenvalue weighted by molar-refractivity contribution is -0.202. The SMILES string of the molecule is CC(C)C(O)(O)C(=O)C(=O)N1CCCCC1C(=O)CO.CCCC/C(C)=C/C=C/C=C/[C@@H](C)CC(C)C(=O)C(C/C(C)=C/[C@@H](C)C(=O)CCCCC1CCCC(OC)C1)OC.CCO. The predicted octanol–water partition coefficient (Wildman–Crippen LogP) is 8.62. The van der Waals surface area contributed by atoms with Gasteiger partial charge in [0.25, 0.3) is 11.7 Å². The predicted molar refractivity (Wildman–Crippen MR) is 255 cm³/mol. The fourth-order valence-electron chi connectivity index (χ4n) is 8.17. The van der Waals surface area contributed by atoms with Crippen LogP contribution in [0, 0.1) is 29.6 Å². The summed E-state index contributed by atoms with van der Waals surface area (Å²) in [4.78, 5) is 62.6. The van der Waals surface area contributed by atoms with Gasteiger partial charge in [0.1, 0.15) is 18.5 Å². The number of Topliss-reactive ketones (excluding diaryl/α,β-unsaturated/α-hetero) is 4. The van der Waals surface area contributed by atoms with E-state index in [0.29, 0.717) is 44.1 Å². The quantitative estimate of drug-likeness (QED) is 0.0214. The van der Waals surface area contributed by atoms with Crippen LogP contribution in [0.5, 0.6) is 0 Å². The van der Waals surface area contributed by atoms with Crippen molar-refractivity contribution in [3.63, 3.8) is 0 Å². The summed E-state index contributed by atoms with van der Waals surface area (Å²) in [5.41, 5.74) is 2.45. The fourth-order valence-corrected chi connectivity index (χ4v) is 8.17. The summed E-state index contributed by atoms with van der Waals surface area (Å²) < 4.78 is 11.2. The van der Waals surface area contributed by atoms with Gasteiger partial charge in [0.2, 0.25) is 5.79 Å². The molecule has 64 heavy (non-hydrogen) atoms. The number of ether oxygens (including phenoxy) is 2. The van der Waals surface area contributed by atoms with E-state index in [-0.39, 0.29) is 36.6 Å². The molecule has 12 heteroatoms. The van der Waals surface area contributed by atoms with Gasteiger partial charge in [-0.1, -0.05) is 121 Å². The van der Waals surface area contributed by atoms with Crippen LogP contribution in [-0.2, 0) is 33.4 Å². The minimum atomic E-state index is -2.75. The molecule has 5 unspecified atom stereocenters. The van der Waals surface area contributed by atoms with Crippen molar-refractivity contribution >= 4 is 29.0 Å². The molecular formula is C52H89NO11. The van der Waals surface area contributed by atoms with Crippen LogP contribution < -0.4 is 0 Å². The van der Waals surface area contributed by atoms with E-state index in [1.165, 1.54) is 64.4 Å². The molecule has 1 aliphatic carbocycles. The van der Waals surface area contributed by atoms with Crippen molar-refractivity contribution < 1.29 is 53.9 Å². The maximum absolute atomic E-state index is 13.2. The molecule has 1 saturated heterocycles. The van der Waals surface area contributed by atoms with E-state index in [4.69, 9.17) is 19.7 Å². The van der Waals surface area contributed by atoms with Gasteiger partial charge in [-0.15, -0.1) is 0 Å². The van der Waals surface area contributed by atoms with Crippen LogP contribution in [0.3, 0.4) is 0 Å². The molecule has 0 bridgehead atoms. The van der Waals surface area contributed by atoms with Crippen molar-refractivity contribution in [3.8, 4) is 0 Å². The summed E-state index contributed by atoms with van der Waals surface area (Å²) in [6.45, 7) is 16.8. The van der Waals surface area contributed by atoms with Crippen molar-refractivity contribution in [2.75, 3.05) is 34.0 Å². The number of likely N-dealkylation sites (tertiary alicyclic amines) is 1. The smallest absolute Gasteiger partial charge is 0.296 e. The van der Waals surface area contributed by atoms with Crippen LogP contribution in [0.15, 0.2) is 47.6 Å². The summed E-state index contributed by atoms with van der Waals surface area (Å²) in [7, 11) is 3.44. The Morgan fingerprint density at radius 3 is 2.09 bits per heavy atom. The number of hydrogen-bond donors (Lipinski definition) is 4. The summed E-state index contributed by atoms with van der Waals surface area (Å²) >= 11 is 0. The maximum Gasteiger partial charge on any atom is 0.296 e. The number of carbonyl (C=O) groups is 5. The lowest BCUT2D eigenvalue weighted by Gasteiger charge is -2.35. The third-order valence-corrected chi connectivity index (χ3v) is 12.3. The number of unbranched alkanes of at least 4 members (excludes halogenated alkanes) is 2. The number of piperidine rings is 1. The Balaban J connectivity index is 0.00000143. The standard InChI is InChI=1S/C37H62O4.C13H21NO6.C2H6O/c1-9-10-17-28(2)18-12-11-13-19-29(3)24-32(6)37(39)36(41-8)26-30(4)25-31(5)35(38)23-15-14-20-33-21-16-22-34(27-33)40-7;1-8(2)13(19,20)11(17)12(18)14-6-4-3-5-9(14)10(16)7-15;1-2-3/h11-13,18-19,25,29,31-34,36H,9-10,14-17,20-24,26-27H2,1-8H3;8-9,15,19-20H,3-7H2,1-2H3;3H,2H2,1H3/b12-11+,19-13+,28-18+,30-25+;;/t29-,31-,32?,33?,34?,36?;;/m1../s1. The highest BCUT2D eigenvalue weighted by Gasteiger charge is 2.45. The van der Waals surface area contributed by atoms with E-state index < -0.39 is 47.9 Å². The van der Waals surface area contributed by atoms with Gasteiger partial charge in [0, 0.05) is 58.0 Å². The van der Waals surface area contributed by atoms with Gasteiger partial charge in [-0.25, -0.2) is 0 Å². The number of methoxy groups -OCH3 is 2. The van der Waals surface area contributed by atoms with Crippen molar-refractivity contribution in [2.45, 2.75) is 189 Å². The second kappa shape index (κ2) is 34.2. The summed E-state index contributed by atoms with van der Waals surface area (Å²) in [5.74, 6) is -5.31. The molecule has 7 atom stereocenters. The average molecular weight is 904 g/mol. The Hall–Kier alpha value is -3.13. The molecule has 0 aromatic heterocycles. The number of hydrogen-bond acceptors (Lipinski definition) is 11. The van der Waals surface area contributed by atoms with Crippen molar-refractivity contribution in [1.82, 2.24) is 4.90 Å². The average Bonchev–Trinajstić information content (AvgIpc) is 3.27. The molecule has 1 saturated carbocycles. The third-order valence-electron chi connectivity index (χ3n) is 12.3. The summed E-state index contributed by atoms with van der Waals surface area (Å²) in [6.07, 6.45) is 28.0. The molecule has 0 aromatic rings. The highest BCUT2D eigenvalue weighted by atomic mass is 16.5. The minimum absolute atomic E-state index is 0.0880. The number of ketones is 4. The Labute approximate surface area is 387 Å². The molecule has 2 rings (SSSR count). The first-order valence-corrected chi connectivity index (χ1v) is 24.1. The number of aliphatic hydroxyl groups excluding tert-OH is 2. The van der Waals surface area contributed by atoms with Crippen LogP contribution in [0.1, 0.15) is 165 Å². The van der Waals surface area contributed by atoms with Crippen LogP contribution >= 0.6 is 0 Å². The minimum Gasteiger partial charge on any atom is -0.397 e. The zero-order chi connectivity index (χ0) is 48.8. The number of nitrogens with zero attached hydrogens (tertiary/aromatic N) is 1. The first-order valence-electron chi connectivity index (χ1n) is 24.1. The Morgan fingerprint density at radius 1 is 0.828 bits per heavy atom. The molecule has 0 spiro atoms. The van der Waals surface area contributed by atoms with E-state index in [1.807, 2.05) is 34.0 Å². The number of rotatable bonds is 26. The lowest BCUT2D eigenvalue weighted by Crippen LogP contribution is -2.57. The summed E-state index contributed by atoms with van der Waals surface area (Å²) in [6, 6.07) is -0.867. The van der Waals surface area contributed by atoms with Crippen LogP contribution in [-0.4, -0.2) is 112 Å². The number of amides is 1. The molecule has 1 aliphatic heterocycles. The van der Waals surface area contributed by atoms with E-state index in [9.17, 15) is 34.2 Å². The van der Waals surface area contributed by atoms with Gasteiger partial charge in [0.15, 0.2) is 11.6 Å². The second-order valence-electron chi connectivity index (χ2n) is 18.4. The molecule has 1 amide bonds. The van der Waals surface area contributed by atoms with Gasteiger partial charge < -0.3 is 34.8 Å². The molecule has 12 nitrogen and oxygen atoms in total. The van der Waals surface area contributed by atoms with Gasteiger partial charge in [-0.3, -0.25) is 24.0 Å². The molecule has 2 aliphatic rings. The zero-order valence-electron chi connectivity index (χ0n) is 41.6. The fraction of sp³-hybridized carbons (Fsp3) is 0.750. The van der Waals surface area contributed by atoms with E-state index in [0.717, 1.165) is 42.1 Å². The normalized spacial score (nSPS) is 20.5. The van der Waals surface area contributed by atoms with Crippen LogP contribution in [0.2, 0.25) is 0 Å². The first kappa shape index (κ1) is 60.9. The largest absolute Gasteiger partial charge is 0.397 e. The van der Waals surface area contributed by atoms with Crippen molar-refractivity contribution in [1.29, 1.82) is 0 Å². The number of aliphatic hydroxyl groups is 4. The molecule has 368 valence electrons. The van der Waals surface area contributed by atoms with Gasteiger partial charge in [-0.05, 0) is 90.4 Å². The third kappa shape index (κ3) is 23.9. The highest BCUT2D eigenvalue weighted by Crippen LogP contribution is 2.30. The van der Waals surface area contributed by atoms with Gasteiger partial charge in [-0.2, -0.15) is 0 Å². The summed E-state index contributed by atoms with van der Waals surface area (Å²) in [5, 5.41) is 35.8. The first-order chi connectivity index (χ1) is 30.2. The van der Waals surface area contributed by atoms with E-state index >= 15 is 0 Å². The highest BCUT2D eigenvalue weighted by molar-refractivity contribution is 6.39. The Kier molecular flexibility index (Phi) is 32.5. The van der Waals surface area contributed by atoms with Gasteiger partial charge >= 0.3 is 0 Å². The monoisotopic (exact) mass is 904 g/mol. The molecular weight excluding hydrogens is 815 g/mol. The van der Waals surface area contributed by atoms with Crippen molar-refractivity contribution in [3.05, 3.63) is 47.6 Å². The van der Waals surface area contributed by atoms with Gasteiger partial charge in [0.05, 0.1) is 12.1 Å². The van der Waals surface area contributed by atoms with E-state index in [1.54, 1.807) is 14.0 Å². The molecule has 4 N–H and O–H groups in total. The second-order valence-corrected chi connectivity index (χ2v) is 18.4. The number of allylic oxidation sites excluding steroid dienone is 7. The maximum atomic E-state index is 13.2. The molecule has 0 aromatic carbocycles. The topological polar surface area (TPSA) is 188 Å². The van der Waals surface area contributed by atoms with Crippen molar-refractivity contribution in [2.24, 2.45) is 29.6 Å². The van der Waals surface area contributed by atoms with Crippen LogP contribution in [0.25, 0.3) is 0 Å². The Morgan fingerprint density at radius 2 is 1.50 bits per heavy atom. The molecule has 2 fully saturated rings. The van der Waals surface area contributed by atoms with Crippen LogP contribution in [0.4, 0.5) is 0 Å². The van der Waals surface area contributed by atoms with E-state index in [2.05, 4.69) is 51.2 Å². The number of carbonyl (C=O) groups excluding carboxylic acids is 5. The Bertz CT molecular complexity index is 1500. The lowest BCUT2D eigenvalue weighted by atomic mass is 9.83.